The van der Waals surface area contributed by atoms with Gasteiger partial charge in [0.2, 0.25) is 0 Å². The van der Waals surface area contributed by atoms with E-state index >= 15 is 0 Å². The minimum atomic E-state index is 0.324. The molecule has 0 saturated heterocycles. The Morgan fingerprint density at radius 3 is 2.95 bits per heavy atom. The van der Waals surface area contributed by atoms with Crippen molar-refractivity contribution in [1.29, 1.82) is 0 Å². The summed E-state index contributed by atoms with van der Waals surface area (Å²) in [4.78, 5) is 6.88. The van der Waals surface area contributed by atoms with Crippen molar-refractivity contribution in [3.63, 3.8) is 0 Å². The van der Waals surface area contributed by atoms with E-state index in [0.29, 0.717) is 5.92 Å². The smallest absolute Gasteiger partial charge is 0.122 e. The Bertz CT molecular complexity index is 582. The van der Waals surface area contributed by atoms with Crippen molar-refractivity contribution in [2.24, 2.45) is 0 Å². The topological polar surface area (TPSA) is 25.4 Å². The Morgan fingerprint density at radius 2 is 2.11 bits per heavy atom. The lowest BCUT2D eigenvalue weighted by Crippen LogP contribution is -2.31. The van der Waals surface area contributed by atoms with Crippen LogP contribution in [0.15, 0.2) is 42.6 Å². The Morgan fingerprint density at radius 1 is 1.26 bits per heavy atom. The van der Waals surface area contributed by atoms with Crippen molar-refractivity contribution in [2.45, 2.75) is 12.5 Å². The van der Waals surface area contributed by atoms with Crippen LogP contribution in [-0.4, -0.2) is 30.6 Å². The number of aromatic nitrogens is 1. The Labute approximate surface area is 113 Å². The molecule has 0 spiro atoms. The second-order valence-corrected chi connectivity index (χ2v) is 5.07. The van der Waals surface area contributed by atoms with Gasteiger partial charge in [-0.3, -0.25) is 4.98 Å². The molecule has 0 amide bonds. The summed E-state index contributed by atoms with van der Waals surface area (Å²) in [6.07, 6.45) is 1.82. The predicted molar refractivity (Wildman–Crippen MR) is 75.4 cm³/mol. The standard InChI is InChI=1S/C16H18N2O/c1-18-10-12-5-3-4-6-14(12)15(11-18)16-9-13(19-2)7-8-17-16/h3-9,15H,10-11H2,1-2H3. The number of methoxy groups -OCH3 is 1. The molecule has 1 aliphatic rings. The highest BCUT2D eigenvalue weighted by atomic mass is 16.5. The molecule has 3 heteroatoms. The van der Waals surface area contributed by atoms with E-state index in [1.54, 1.807) is 7.11 Å². The summed E-state index contributed by atoms with van der Waals surface area (Å²) >= 11 is 0. The Hall–Kier alpha value is -1.87. The fraction of sp³-hybridized carbons (Fsp3) is 0.312. The van der Waals surface area contributed by atoms with Gasteiger partial charge in [0, 0.05) is 31.3 Å². The van der Waals surface area contributed by atoms with Gasteiger partial charge in [-0.15, -0.1) is 0 Å². The molecule has 1 aromatic heterocycles. The molecule has 2 aromatic rings. The summed E-state index contributed by atoms with van der Waals surface area (Å²) in [6, 6.07) is 12.6. The van der Waals surface area contributed by atoms with Crippen LogP contribution in [0.3, 0.4) is 0 Å². The van der Waals surface area contributed by atoms with Gasteiger partial charge in [0.1, 0.15) is 5.75 Å². The second-order valence-electron chi connectivity index (χ2n) is 5.07. The number of hydrogen-bond acceptors (Lipinski definition) is 3. The molecule has 0 bridgehead atoms. The van der Waals surface area contributed by atoms with Gasteiger partial charge in [0.15, 0.2) is 0 Å². The summed E-state index contributed by atoms with van der Waals surface area (Å²) in [5.74, 6) is 1.20. The summed E-state index contributed by atoms with van der Waals surface area (Å²) < 4.78 is 5.31. The third-order valence-electron chi connectivity index (χ3n) is 3.71. The maximum atomic E-state index is 5.31. The first-order chi connectivity index (χ1) is 9.28. The SMILES string of the molecule is COc1ccnc(C2CN(C)Cc3ccccc32)c1. The van der Waals surface area contributed by atoms with Crippen LogP contribution in [0, 0.1) is 0 Å². The molecule has 0 radical (unpaired) electrons. The van der Waals surface area contributed by atoms with Gasteiger partial charge in [-0.25, -0.2) is 0 Å². The summed E-state index contributed by atoms with van der Waals surface area (Å²) in [5.41, 5.74) is 3.87. The molecule has 98 valence electrons. The highest BCUT2D eigenvalue weighted by Gasteiger charge is 2.25. The van der Waals surface area contributed by atoms with Crippen LogP contribution < -0.4 is 4.74 Å². The second kappa shape index (κ2) is 5.02. The van der Waals surface area contributed by atoms with E-state index in [1.165, 1.54) is 11.1 Å². The molecule has 1 unspecified atom stereocenters. The number of benzene rings is 1. The van der Waals surface area contributed by atoms with Gasteiger partial charge in [-0.1, -0.05) is 24.3 Å². The van der Waals surface area contributed by atoms with Crippen LogP contribution in [-0.2, 0) is 6.54 Å². The zero-order valence-electron chi connectivity index (χ0n) is 11.3. The van der Waals surface area contributed by atoms with E-state index in [1.807, 2.05) is 18.3 Å². The third kappa shape index (κ3) is 2.34. The van der Waals surface area contributed by atoms with E-state index in [0.717, 1.165) is 24.5 Å². The summed E-state index contributed by atoms with van der Waals surface area (Å²) in [6.45, 7) is 2.01. The van der Waals surface area contributed by atoms with Gasteiger partial charge < -0.3 is 9.64 Å². The average Bonchev–Trinajstić information content (AvgIpc) is 2.46. The van der Waals surface area contributed by atoms with Crippen molar-refractivity contribution in [1.82, 2.24) is 9.88 Å². The molecule has 3 nitrogen and oxygen atoms in total. The summed E-state index contributed by atoms with van der Waals surface area (Å²) in [5, 5.41) is 0. The number of hydrogen-bond donors (Lipinski definition) is 0. The fourth-order valence-corrected chi connectivity index (χ4v) is 2.78. The monoisotopic (exact) mass is 254 g/mol. The van der Waals surface area contributed by atoms with E-state index in [4.69, 9.17) is 4.74 Å². The molecule has 19 heavy (non-hydrogen) atoms. The first-order valence-corrected chi connectivity index (χ1v) is 6.54. The number of pyridine rings is 1. The number of likely N-dealkylation sites (N-methyl/N-ethyl adjacent to an activating group) is 1. The summed E-state index contributed by atoms with van der Waals surface area (Å²) in [7, 11) is 3.85. The van der Waals surface area contributed by atoms with Gasteiger partial charge in [0.05, 0.1) is 12.8 Å². The maximum Gasteiger partial charge on any atom is 0.122 e. The maximum absolute atomic E-state index is 5.31. The molecule has 2 heterocycles. The molecule has 0 aliphatic carbocycles. The molecule has 1 aromatic carbocycles. The van der Waals surface area contributed by atoms with Gasteiger partial charge in [-0.2, -0.15) is 0 Å². The fourth-order valence-electron chi connectivity index (χ4n) is 2.78. The number of ether oxygens (including phenoxy) is 1. The first kappa shape index (κ1) is 12.2. The van der Waals surface area contributed by atoms with E-state index in [9.17, 15) is 0 Å². The van der Waals surface area contributed by atoms with E-state index < -0.39 is 0 Å². The third-order valence-corrected chi connectivity index (χ3v) is 3.71. The number of fused-ring (bicyclic) bond motifs is 1. The quantitative estimate of drug-likeness (QED) is 0.824. The molecular formula is C16H18N2O. The predicted octanol–water partition coefficient (Wildman–Crippen LogP) is 2.67. The number of rotatable bonds is 2. The molecule has 1 aliphatic heterocycles. The largest absolute Gasteiger partial charge is 0.497 e. The van der Waals surface area contributed by atoms with Crippen LogP contribution in [0.4, 0.5) is 0 Å². The van der Waals surface area contributed by atoms with Crippen molar-refractivity contribution in [2.75, 3.05) is 20.7 Å². The Kier molecular flexibility index (Phi) is 3.22. The zero-order chi connectivity index (χ0) is 13.2. The number of nitrogens with zero attached hydrogens (tertiary/aromatic N) is 2. The molecule has 0 N–H and O–H groups in total. The minimum Gasteiger partial charge on any atom is -0.497 e. The van der Waals surface area contributed by atoms with Gasteiger partial charge >= 0.3 is 0 Å². The van der Waals surface area contributed by atoms with Crippen LogP contribution in [0.1, 0.15) is 22.7 Å². The van der Waals surface area contributed by atoms with Crippen LogP contribution >= 0.6 is 0 Å². The lowest BCUT2D eigenvalue weighted by atomic mass is 9.87. The highest BCUT2D eigenvalue weighted by molar-refractivity contribution is 5.39. The first-order valence-electron chi connectivity index (χ1n) is 6.54. The van der Waals surface area contributed by atoms with E-state index in [-0.39, 0.29) is 0 Å². The molecule has 1 atom stereocenters. The van der Waals surface area contributed by atoms with Gasteiger partial charge in [-0.05, 0) is 24.2 Å². The lowest BCUT2D eigenvalue weighted by Gasteiger charge is -2.32. The Balaban J connectivity index is 2.04. The normalized spacial score (nSPS) is 18.9. The average molecular weight is 254 g/mol. The van der Waals surface area contributed by atoms with Crippen LogP contribution in [0.5, 0.6) is 5.75 Å². The molecule has 0 fully saturated rings. The molecule has 0 saturated carbocycles. The molecule has 3 rings (SSSR count). The van der Waals surface area contributed by atoms with Crippen molar-refractivity contribution in [3.8, 4) is 5.75 Å². The van der Waals surface area contributed by atoms with Gasteiger partial charge in [0.25, 0.3) is 0 Å². The lowest BCUT2D eigenvalue weighted by molar-refractivity contribution is 0.293. The minimum absolute atomic E-state index is 0.324. The van der Waals surface area contributed by atoms with Crippen LogP contribution in [0.2, 0.25) is 0 Å². The van der Waals surface area contributed by atoms with Crippen molar-refractivity contribution in [3.05, 3.63) is 59.4 Å². The molecular weight excluding hydrogens is 236 g/mol. The van der Waals surface area contributed by atoms with Crippen molar-refractivity contribution >= 4 is 0 Å². The van der Waals surface area contributed by atoms with Crippen molar-refractivity contribution < 1.29 is 4.74 Å². The zero-order valence-corrected chi connectivity index (χ0v) is 11.3. The van der Waals surface area contributed by atoms with E-state index in [2.05, 4.69) is 41.2 Å². The highest BCUT2D eigenvalue weighted by Crippen LogP contribution is 2.32. The van der Waals surface area contributed by atoms with Crippen LogP contribution in [0.25, 0.3) is 0 Å².